The molecular weight excluding hydrogens is 723 g/mol. The van der Waals surface area contributed by atoms with Crippen LogP contribution in [0.2, 0.25) is 0 Å². The molecule has 14 nitrogen and oxygen atoms in total. The SMILES string of the molecule is CC(C)c1ccc(CNC(=O)[C@H](CCC(N)=O)NC(=O)[C@@H]2CC[C@@H]3CCN(C(C)C)C[C@H](CC(=O)c4cc5cc(C(=O)P(C)(=O)O)ccc5[nH]4)C(=O)N32)cc1. The number of nitrogens with one attached hydrogen (secondary N) is 3. The third-order valence-corrected chi connectivity index (χ3v) is 11.8. The van der Waals surface area contributed by atoms with Crippen LogP contribution in [0.5, 0.6) is 0 Å². The molecule has 0 bridgehead atoms. The summed E-state index contributed by atoms with van der Waals surface area (Å²) in [5, 5.41) is 6.18. The normalized spacial score (nSPS) is 20.8. The summed E-state index contributed by atoms with van der Waals surface area (Å²) in [6.07, 6.45) is 1.29. The van der Waals surface area contributed by atoms with Crippen molar-refractivity contribution < 1.29 is 38.2 Å². The van der Waals surface area contributed by atoms with E-state index in [-0.39, 0.29) is 60.8 Å². The van der Waals surface area contributed by atoms with E-state index in [0.717, 1.165) is 12.2 Å². The highest BCUT2D eigenvalue weighted by atomic mass is 31.2. The van der Waals surface area contributed by atoms with Gasteiger partial charge in [-0.25, -0.2) is 0 Å². The number of fused-ring (bicyclic) bond motifs is 2. The first-order chi connectivity index (χ1) is 25.9. The number of hydrogen-bond donors (Lipinski definition) is 5. The molecule has 1 aromatic heterocycles. The largest absolute Gasteiger partial charge is 0.370 e. The van der Waals surface area contributed by atoms with Gasteiger partial charge in [0.1, 0.15) is 12.1 Å². The molecule has 1 unspecified atom stereocenters. The maximum absolute atomic E-state index is 14.5. The maximum Gasteiger partial charge on any atom is 0.266 e. The van der Waals surface area contributed by atoms with Crippen molar-refractivity contribution >= 4 is 53.2 Å². The van der Waals surface area contributed by atoms with E-state index in [9.17, 15) is 38.2 Å². The van der Waals surface area contributed by atoms with Gasteiger partial charge < -0.3 is 36.0 Å². The third kappa shape index (κ3) is 10.2. The van der Waals surface area contributed by atoms with Gasteiger partial charge in [-0.15, -0.1) is 0 Å². The van der Waals surface area contributed by atoms with Crippen LogP contribution in [0.4, 0.5) is 0 Å². The van der Waals surface area contributed by atoms with Crippen LogP contribution in [-0.2, 0) is 30.3 Å². The van der Waals surface area contributed by atoms with E-state index >= 15 is 0 Å². The summed E-state index contributed by atoms with van der Waals surface area (Å²) in [6.45, 7) is 10.4. The van der Waals surface area contributed by atoms with Gasteiger partial charge in [0.15, 0.2) is 5.78 Å². The number of benzene rings is 2. The number of aromatic amines is 1. The van der Waals surface area contributed by atoms with Crippen molar-refractivity contribution in [1.29, 1.82) is 0 Å². The number of primary amides is 1. The minimum atomic E-state index is -4.01. The Morgan fingerprint density at radius 1 is 1.00 bits per heavy atom. The Kier molecular flexibility index (Phi) is 13.2. The molecule has 2 saturated heterocycles. The molecule has 2 aromatic carbocycles. The molecule has 2 aliphatic rings. The van der Waals surface area contributed by atoms with Gasteiger partial charge in [-0.1, -0.05) is 38.1 Å². The van der Waals surface area contributed by atoms with Gasteiger partial charge in [-0.05, 0) is 80.8 Å². The van der Waals surface area contributed by atoms with Crippen LogP contribution in [0.3, 0.4) is 0 Å². The van der Waals surface area contributed by atoms with E-state index in [1.54, 1.807) is 17.0 Å². The summed E-state index contributed by atoms with van der Waals surface area (Å²) in [7, 11) is -4.01. The van der Waals surface area contributed by atoms with E-state index in [1.165, 1.54) is 17.7 Å². The fraction of sp³-hybridized carbons (Fsp3) is 0.500. The summed E-state index contributed by atoms with van der Waals surface area (Å²) in [6, 6.07) is 11.8. The molecule has 3 heterocycles. The van der Waals surface area contributed by atoms with Crippen LogP contribution in [0, 0.1) is 5.92 Å². The lowest BCUT2D eigenvalue weighted by Gasteiger charge is -2.40. The summed E-state index contributed by atoms with van der Waals surface area (Å²) < 4.78 is 12.0. The highest BCUT2D eigenvalue weighted by Gasteiger charge is 2.45. The number of aromatic nitrogens is 1. The predicted octanol–water partition coefficient (Wildman–Crippen LogP) is 4.06. The molecule has 296 valence electrons. The molecule has 0 spiro atoms. The Morgan fingerprint density at radius 3 is 2.35 bits per heavy atom. The molecule has 55 heavy (non-hydrogen) atoms. The first-order valence-electron chi connectivity index (χ1n) is 19.0. The van der Waals surface area contributed by atoms with Gasteiger partial charge in [0.25, 0.3) is 7.37 Å². The lowest BCUT2D eigenvalue weighted by molar-refractivity contribution is -0.146. The first kappa shape index (κ1) is 41.5. The zero-order valence-corrected chi connectivity index (χ0v) is 33.1. The summed E-state index contributed by atoms with van der Waals surface area (Å²) in [4.78, 5) is 96.5. The van der Waals surface area contributed by atoms with Gasteiger partial charge in [-0.2, -0.15) is 0 Å². The molecular formula is C40H53N6O8P. The first-order valence-corrected chi connectivity index (χ1v) is 21.1. The number of Topliss-reactive ketones (excluding diaryl/α,β-unsaturated/α-hetero) is 1. The smallest absolute Gasteiger partial charge is 0.266 e. The number of H-pyrrole nitrogens is 1. The maximum atomic E-state index is 14.5. The van der Waals surface area contributed by atoms with Crippen LogP contribution in [0.25, 0.3) is 10.9 Å². The lowest BCUT2D eigenvalue weighted by Crippen LogP contribution is -2.57. The molecule has 0 aliphatic carbocycles. The average molecular weight is 777 g/mol. The number of carbonyl (C=O) groups is 6. The summed E-state index contributed by atoms with van der Waals surface area (Å²) in [5.74, 6) is -2.68. The number of ketones is 1. The minimum absolute atomic E-state index is 0.0122. The van der Waals surface area contributed by atoms with Gasteiger partial charge in [0.2, 0.25) is 29.2 Å². The van der Waals surface area contributed by atoms with E-state index in [2.05, 4.69) is 34.4 Å². The van der Waals surface area contributed by atoms with Crippen molar-refractivity contribution in [2.24, 2.45) is 11.7 Å². The summed E-state index contributed by atoms with van der Waals surface area (Å²) in [5.41, 5.74) is 7.40. The fourth-order valence-corrected chi connectivity index (χ4v) is 8.12. The van der Waals surface area contributed by atoms with Crippen molar-refractivity contribution in [3.05, 3.63) is 70.9 Å². The number of rotatable bonds is 15. The highest BCUT2D eigenvalue weighted by Crippen LogP contribution is 2.40. The van der Waals surface area contributed by atoms with Crippen molar-refractivity contribution in [3.63, 3.8) is 0 Å². The molecule has 2 fully saturated rings. The van der Waals surface area contributed by atoms with Crippen LogP contribution in [0.1, 0.15) is 104 Å². The number of nitrogens with zero attached hydrogens (tertiary/aromatic N) is 2. The van der Waals surface area contributed by atoms with E-state index in [0.29, 0.717) is 49.2 Å². The van der Waals surface area contributed by atoms with E-state index < -0.39 is 48.6 Å². The monoisotopic (exact) mass is 776 g/mol. The Hall–Kier alpha value is -4.65. The van der Waals surface area contributed by atoms with Gasteiger partial charge in [0.05, 0.1) is 11.6 Å². The molecule has 0 saturated carbocycles. The molecule has 5 rings (SSSR count). The Morgan fingerprint density at radius 2 is 1.71 bits per heavy atom. The quantitative estimate of drug-likeness (QED) is 0.111. The molecule has 2 aliphatic heterocycles. The zero-order valence-electron chi connectivity index (χ0n) is 32.2. The zero-order chi connectivity index (χ0) is 40.2. The van der Waals surface area contributed by atoms with Crippen molar-refractivity contribution in [1.82, 2.24) is 25.4 Å². The molecule has 5 atom stereocenters. The van der Waals surface area contributed by atoms with E-state index in [4.69, 9.17) is 5.73 Å². The third-order valence-electron chi connectivity index (χ3n) is 10.7. The second-order valence-electron chi connectivity index (χ2n) is 15.5. The highest BCUT2D eigenvalue weighted by molar-refractivity contribution is 7.75. The predicted molar refractivity (Wildman–Crippen MR) is 209 cm³/mol. The van der Waals surface area contributed by atoms with Gasteiger partial charge in [0, 0.05) is 67.7 Å². The van der Waals surface area contributed by atoms with E-state index in [1.807, 2.05) is 38.1 Å². The molecule has 3 aromatic rings. The number of hydrogen-bond acceptors (Lipinski definition) is 8. The minimum Gasteiger partial charge on any atom is -0.370 e. The topological polar surface area (TPSA) is 212 Å². The van der Waals surface area contributed by atoms with Crippen LogP contribution in [-0.4, -0.2) is 98.5 Å². The van der Waals surface area contributed by atoms with Crippen LogP contribution >= 0.6 is 7.37 Å². The Labute approximate surface area is 321 Å². The second kappa shape index (κ2) is 17.4. The fourth-order valence-electron chi connectivity index (χ4n) is 7.50. The van der Waals surface area contributed by atoms with Crippen LogP contribution < -0.4 is 16.4 Å². The Bertz CT molecular complexity index is 1990. The summed E-state index contributed by atoms with van der Waals surface area (Å²) >= 11 is 0. The lowest BCUT2D eigenvalue weighted by atomic mass is 9.95. The number of carbonyl (C=O) groups excluding carboxylic acids is 6. The molecule has 4 amide bonds. The van der Waals surface area contributed by atoms with Gasteiger partial charge in [-0.3, -0.25) is 33.3 Å². The average Bonchev–Trinajstić information content (AvgIpc) is 3.76. The molecule has 0 radical (unpaired) electrons. The molecule has 6 N–H and O–H groups in total. The standard InChI is InChI=1S/C40H53N6O8P/c1-23(2)26-8-6-25(7-9-26)21-42-37(49)32(13-15-36(41)48)44-38(50)34-14-11-30-16-17-45(24(3)4)22-29(39(51)46(30)34)20-35(47)33-19-28-18-27(10-12-31(28)43-33)40(52)55(5,53)54/h6-10,12,18-19,23-24,29-30,32,34,43H,11,13-17,20-22H2,1-5H3,(H2,41,48)(H,42,49)(H,44,50)(H,53,54)/t29-,30+,32-,34-/m0/s1. The van der Waals surface area contributed by atoms with Crippen molar-refractivity contribution in [3.8, 4) is 0 Å². The van der Waals surface area contributed by atoms with Gasteiger partial charge >= 0.3 is 0 Å². The second-order valence-corrected chi connectivity index (χ2v) is 17.7. The van der Waals surface area contributed by atoms with Crippen molar-refractivity contribution in [2.45, 2.75) is 103 Å². The van der Waals surface area contributed by atoms with Crippen molar-refractivity contribution in [2.75, 3.05) is 19.8 Å². The Balaban J connectivity index is 1.33. The number of amides is 4. The van der Waals surface area contributed by atoms with Crippen LogP contribution in [0.15, 0.2) is 48.5 Å². The molecule has 15 heteroatoms. The number of nitrogens with two attached hydrogens (primary N) is 1.